The van der Waals surface area contributed by atoms with Gasteiger partial charge in [-0.15, -0.1) is 24.8 Å². The lowest BCUT2D eigenvalue weighted by Crippen LogP contribution is -2.55. The zero-order chi connectivity index (χ0) is 20.1. The van der Waals surface area contributed by atoms with Gasteiger partial charge in [0.25, 0.3) is 0 Å². The van der Waals surface area contributed by atoms with Gasteiger partial charge in [-0.25, -0.2) is 0 Å². The number of carbonyl (C=O) groups excluding carboxylic acids is 1. The number of nitrogens with two attached hydrogens (primary N) is 1. The molecule has 4 unspecified atom stereocenters. The molecule has 1 aliphatic rings. The summed E-state index contributed by atoms with van der Waals surface area (Å²) in [7, 11) is 0. The van der Waals surface area contributed by atoms with Crippen molar-refractivity contribution in [3.63, 3.8) is 0 Å². The molecule has 0 bridgehead atoms. The predicted molar refractivity (Wildman–Crippen MR) is 129 cm³/mol. The lowest BCUT2D eigenvalue weighted by molar-refractivity contribution is -0.127. The third-order valence-electron chi connectivity index (χ3n) is 6.01. The quantitative estimate of drug-likeness (QED) is 0.682. The van der Waals surface area contributed by atoms with Crippen molar-refractivity contribution in [3.05, 3.63) is 71.8 Å². The minimum absolute atomic E-state index is 0. The van der Waals surface area contributed by atoms with Crippen LogP contribution in [0.2, 0.25) is 0 Å². The fourth-order valence-corrected chi connectivity index (χ4v) is 4.36. The van der Waals surface area contributed by atoms with Gasteiger partial charge in [0.05, 0.1) is 5.92 Å². The third kappa shape index (κ3) is 6.71. The van der Waals surface area contributed by atoms with Crippen LogP contribution in [0.15, 0.2) is 60.7 Å². The number of amides is 1. The lowest BCUT2D eigenvalue weighted by atomic mass is 9.84. The fraction of sp³-hybridized carbons (Fsp3) is 0.458. The Morgan fingerprint density at radius 1 is 1.00 bits per heavy atom. The highest BCUT2D eigenvalue weighted by Crippen LogP contribution is 2.25. The van der Waals surface area contributed by atoms with Gasteiger partial charge < -0.3 is 11.1 Å². The molecule has 4 nitrogen and oxygen atoms in total. The van der Waals surface area contributed by atoms with E-state index >= 15 is 0 Å². The van der Waals surface area contributed by atoms with Crippen LogP contribution >= 0.6 is 24.8 Å². The van der Waals surface area contributed by atoms with Crippen LogP contribution in [-0.2, 0) is 11.3 Å². The summed E-state index contributed by atoms with van der Waals surface area (Å²) < 4.78 is 0. The second kappa shape index (κ2) is 12.3. The SMILES string of the molecule is CC1CN(Cc2ccccc2)CC(C)C1NC(=O)C(C)C(N)c1ccccc1.Cl.Cl. The average molecular weight is 452 g/mol. The molecular formula is C24H35Cl2N3O. The standard InChI is InChI=1S/C24H33N3O.2ClH/c1-17-14-27(16-20-10-6-4-7-11-20)15-18(2)23(17)26-24(28)19(3)22(25)21-12-8-5-9-13-21;;/h4-13,17-19,22-23H,14-16,25H2,1-3H3,(H,26,28);2*1H. The smallest absolute Gasteiger partial charge is 0.224 e. The highest BCUT2D eigenvalue weighted by molar-refractivity contribution is 5.85. The molecule has 0 aliphatic carbocycles. The third-order valence-corrected chi connectivity index (χ3v) is 6.01. The van der Waals surface area contributed by atoms with Crippen molar-refractivity contribution in [2.45, 2.75) is 39.4 Å². The Morgan fingerprint density at radius 3 is 2.03 bits per heavy atom. The first-order valence-electron chi connectivity index (χ1n) is 10.3. The van der Waals surface area contributed by atoms with Crippen molar-refractivity contribution in [1.29, 1.82) is 0 Å². The molecule has 2 aromatic carbocycles. The van der Waals surface area contributed by atoms with Crippen LogP contribution < -0.4 is 11.1 Å². The van der Waals surface area contributed by atoms with Gasteiger partial charge in [0, 0.05) is 31.7 Å². The summed E-state index contributed by atoms with van der Waals surface area (Å²) >= 11 is 0. The van der Waals surface area contributed by atoms with Crippen LogP contribution in [-0.4, -0.2) is 29.9 Å². The van der Waals surface area contributed by atoms with Gasteiger partial charge in [-0.2, -0.15) is 0 Å². The molecule has 30 heavy (non-hydrogen) atoms. The van der Waals surface area contributed by atoms with Gasteiger partial charge >= 0.3 is 0 Å². The van der Waals surface area contributed by atoms with Crippen molar-refractivity contribution < 1.29 is 4.79 Å². The molecular weight excluding hydrogens is 417 g/mol. The van der Waals surface area contributed by atoms with Gasteiger partial charge in [-0.3, -0.25) is 9.69 Å². The van der Waals surface area contributed by atoms with E-state index in [4.69, 9.17) is 5.73 Å². The molecule has 1 aliphatic heterocycles. The molecule has 166 valence electrons. The molecule has 0 saturated carbocycles. The Balaban J connectivity index is 0.00000225. The Kier molecular flexibility index (Phi) is 10.9. The van der Waals surface area contributed by atoms with Crippen LogP contribution in [0.4, 0.5) is 0 Å². The maximum absolute atomic E-state index is 12.9. The summed E-state index contributed by atoms with van der Waals surface area (Å²) in [5, 5.41) is 3.31. The first-order chi connectivity index (χ1) is 13.5. The molecule has 1 heterocycles. The minimum atomic E-state index is -0.287. The van der Waals surface area contributed by atoms with Gasteiger partial charge in [0.2, 0.25) is 5.91 Å². The average Bonchev–Trinajstić information content (AvgIpc) is 2.71. The van der Waals surface area contributed by atoms with Gasteiger partial charge in [0.1, 0.15) is 0 Å². The number of nitrogens with one attached hydrogen (secondary N) is 1. The maximum Gasteiger partial charge on any atom is 0.224 e. The second-order valence-electron chi connectivity index (χ2n) is 8.39. The van der Waals surface area contributed by atoms with E-state index in [1.54, 1.807) is 0 Å². The molecule has 4 atom stereocenters. The van der Waals surface area contributed by atoms with Crippen molar-refractivity contribution in [3.8, 4) is 0 Å². The van der Waals surface area contributed by atoms with Crippen molar-refractivity contribution >= 4 is 30.7 Å². The van der Waals surface area contributed by atoms with Crippen LogP contribution in [0, 0.1) is 17.8 Å². The van der Waals surface area contributed by atoms with E-state index in [2.05, 4.69) is 54.4 Å². The molecule has 1 saturated heterocycles. The monoisotopic (exact) mass is 451 g/mol. The highest BCUT2D eigenvalue weighted by atomic mass is 35.5. The van der Waals surface area contributed by atoms with E-state index in [1.165, 1.54) is 5.56 Å². The number of piperidine rings is 1. The Hall–Kier alpha value is -1.59. The number of halogens is 2. The van der Waals surface area contributed by atoms with Crippen molar-refractivity contribution in [1.82, 2.24) is 10.2 Å². The largest absolute Gasteiger partial charge is 0.352 e. The molecule has 0 spiro atoms. The number of nitrogens with zero attached hydrogens (tertiary/aromatic N) is 1. The summed E-state index contributed by atoms with van der Waals surface area (Å²) in [6.45, 7) is 9.34. The first kappa shape index (κ1) is 26.4. The molecule has 3 N–H and O–H groups in total. The topological polar surface area (TPSA) is 58.4 Å². The van der Waals surface area contributed by atoms with E-state index in [-0.39, 0.29) is 48.7 Å². The first-order valence-corrected chi connectivity index (χ1v) is 10.3. The van der Waals surface area contributed by atoms with Gasteiger partial charge in [-0.1, -0.05) is 81.4 Å². The summed E-state index contributed by atoms with van der Waals surface area (Å²) in [5.41, 5.74) is 8.70. The van der Waals surface area contributed by atoms with Gasteiger partial charge in [-0.05, 0) is 23.0 Å². The Labute approximate surface area is 193 Å². The Morgan fingerprint density at radius 2 is 1.50 bits per heavy atom. The molecule has 2 aromatic rings. The molecule has 0 aromatic heterocycles. The number of rotatable bonds is 6. The Bertz CT molecular complexity index is 748. The van der Waals surface area contributed by atoms with E-state index in [9.17, 15) is 4.79 Å². The highest BCUT2D eigenvalue weighted by Gasteiger charge is 2.34. The minimum Gasteiger partial charge on any atom is -0.352 e. The summed E-state index contributed by atoms with van der Waals surface area (Å²) in [5.74, 6) is 0.592. The van der Waals surface area contributed by atoms with Crippen LogP contribution in [0.5, 0.6) is 0 Å². The van der Waals surface area contributed by atoms with Crippen molar-refractivity contribution in [2.24, 2.45) is 23.5 Å². The van der Waals surface area contributed by atoms with Crippen LogP contribution in [0.25, 0.3) is 0 Å². The zero-order valence-corrected chi connectivity index (χ0v) is 19.7. The summed E-state index contributed by atoms with van der Waals surface area (Å²) in [6.07, 6.45) is 0. The van der Waals surface area contributed by atoms with E-state index in [1.807, 2.05) is 37.3 Å². The number of likely N-dealkylation sites (tertiary alicyclic amines) is 1. The molecule has 1 amide bonds. The normalized spacial score (nSPS) is 23.4. The second-order valence-corrected chi connectivity index (χ2v) is 8.39. The van der Waals surface area contributed by atoms with E-state index in [0.29, 0.717) is 11.8 Å². The van der Waals surface area contributed by atoms with Gasteiger partial charge in [0.15, 0.2) is 0 Å². The fourth-order valence-electron chi connectivity index (χ4n) is 4.36. The van der Waals surface area contributed by atoms with E-state index in [0.717, 1.165) is 25.2 Å². The summed E-state index contributed by atoms with van der Waals surface area (Å²) in [6, 6.07) is 20.4. The molecule has 3 rings (SSSR count). The number of hydrogen-bond acceptors (Lipinski definition) is 3. The zero-order valence-electron chi connectivity index (χ0n) is 18.0. The molecule has 1 fully saturated rings. The van der Waals surface area contributed by atoms with Crippen LogP contribution in [0.3, 0.4) is 0 Å². The molecule has 6 heteroatoms. The van der Waals surface area contributed by atoms with Crippen molar-refractivity contribution in [2.75, 3.05) is 13.1 Å². The number of benzene rings is 2. The molecule has 0 radical (unpaired) electrons. The van der Waals surface area contributed by atoms with E-state index < -0.39 is 0 Å². The maximum atomic E-state index is 12.9. The number of carbonyl (C=O) groups is 1. The van der Waals surface area contributed by atoms with Crippen LogP contribution in [0.1, 0.15) is 37.9 Å². The number of hydrogen-bond donors (Lipinski definition) is 2. The predicted octanol–water partition coefficient (Wildman–Crippen LogP) is 4.44. The summed E-state index contributed by atoms with van der Waals surface area (Å²) in [4.78, 5) is 15.4. The lowest BCUT2D eigenvalue weighted by Gasteiger charge is -2.42.